The van der Waals surface area contributed by atoms with E-state index in [2.05, 4.69) is 15.4 Å². The van der Waals surface area contributed by atoms with Crippen LogP contribution in [-0.4, -0.2) is 34.7 Å². The smallest absolute Gasteiger partial charge is 0.433 e. The van der Waals surface area contributed by atoms with Gasteiger partial charge in [0, 0.05) is 12.1 Å². The third kappa shape index (κ3) is 4.04. The SMILES string of the molecule is COc1ccc(OC)c(NC(=O)c2cc3nc(-c4cccs4)cc(C(F)(F)F)n3n2)c1. The highest BCUT2D eigenvalue weighted by atomic mass is 32.1. The average molecular weight is 448 g/mol. The summed E-state index contributed by atoms with van der Waals surface area (Å²) < 4.78 is 51.9. The summed E-state index contributed by atoms with van der Waals surface area (Å²) in [6.07, 6.45) is -4.69. The van der Waals surface area contributed by atoms with Crippen LogP contribution in [0.15, 0.2) is 47.8 Å². The summed E-state index contributed by atoms with van der Waals surface area (Å²) in [5.74, 6) is 0.0996. The number of alkyl halides is 3. The van der Waals surface area contributed by atoms with Gasteiger partial charge in [0.1, 0.15) is 11.5 Å². The van der Waals surface area contributed by atoms with Crippen molar-refractivity contribution >= 4 is 28.6 Å². The first-order chi connectivity index (χ1) is 14.8. The second kappa shape index (κ2) is 7.91. The Morgan fingerprint density at radius 3 is 2.58 bits per heavy atom. The molecule has 0 aliphatic heterocycles. The van der Waals surface area contributed by atoms with Gasteiger partial charge in [-0.05, 0) is 29.6 Å². The van der Waals surface area contributed by atoms with Crippen LogP contribution in [0.4, 0.5) is 18.9 Å². The topological polar surface area (TPSA) is 77.8 Å². The van der Waals surface area contributed by atoms with Crippen LogP contribution in [0.2, 0.25) is 0 Å². The second-order valence-electron chi connectivity index (χ2n) is 6.32. The van der Waals surface area contributed by atoms with Crippen molar-refractivity contribution in [2.75, 3.05) is 19.5 Å². The Morgan fingerprint density at radius 1 is 1.13 bits per heavy atom. The number of ether oxygens (including phenoxy) is 2. The van der Waals surface area contributed by atoms with Crippen molar-refractivity contribution < 1.29 is 27.4 Å². The number of hydrogen-bond donors (Lipinski definition) is 1. The van der Waals surface area contributed by atoms with Gasteiger partial charge in [0.15, 0.2) is 17.0 Å². The fourth-order valence-electron chi connectivity index (χ4n) is 2.94. The average Bonchev–Trinajstić information content (AvgIpc) is 3.42. The summed E-state index contributed by atoms with van der Waals surface area (Å²) in [5.41, 5.74) is -0.922. The van der Waals surface area contributed by atoms with Crippen molar-refractivity contribution in [3.05, 3.63) is 59.2 Å². The Labute approximate surface area is 178 Å². The van der Waals surface area contributed by atoms with Crippen molar-refractivity contribution in [1.82, 2.24) is 14.6 Å². The second-order valence-corrected chi connectivity index (χ2v) is 7.27. The lowest BCUT2D eigenvalue weighted by Gasteiger charge is -2.11. The van der Waals surface area contributed by atoms with Crippen LogP contribution in [0.1, 0.15) is 16.2 Å². The molecule has 7 nitrogen and oxygen atoms in total. The van der Waals surface area contributed by atoms with E-state index >= 15 is 0 Å². The zero-order valence-electron chi connectivity index (χ0n) is 16.2. The van der Waals surface area contributed by atoms with E-state index < -0.39 is 17.8 Å². The number of aromatic nitrogens is 3. The zero-order chi connectivity index (χ0) is 22.2. The molecule has 0 aliphatic rings. The molecule has 1 amide bonds. The summed E-state index contributed by atoms with van der Waals surface area (Å²) >= 11 is 1.26. The number of anilines is 1. The number of carbonyl (C=O) groups excluding carboxylic acids is 1. The first-order valence-corrected chi connectivity index (χ1v) is 9.73. The minimum absolute atomic E-state index is 0.0963. The number of halogens is 3. The van der Waals surface area contributed by atoms with Gasteiger partial charge in [0.25, 0.3) is 5.91 Å². The van der Waals surface area contributed by atoms with Gasteiger partial charge in [-0.1, -0.05) is 6.07 Å². The van der Waals surface area contributed by atoms with Crippen LogP contribution in [0.25, 0.3) is 16.2 Å². The standard InChI is InChI=1S/C20H15F3N4O3S/c1-29-11-5-6-15(30-2)12(8-11)25-19(28)14-10-18-24-13(16-4-3-7-31-16)9-17(20(21,22)23)27(18)26-14/h3-10H,1-2H3,(H,25,28). The van der Waals surface area contributed by atoms with Crippen LogP contribution in [0.5, 0.6) is 11.5 Å². The van der Waals surface area contributed by atoms with Crippen molar-refractivity contribution in [3.63, 3.8) is 0 Å². The van der Waals surface area contributed by atoms with Gasteiger partial charge in [0.2, 0.25) is 0 Å². The van der Waals surface area contributed by atoms with E-state index in [1.54, 1.807) is 29.6 Å². The lowest BCUT2D eigenvalue weighted by molar-refractivity contribution is -0.142. The number of rotatable bonds is 5. The lowest BCUT2D eigenvalue weighted by Crippen LogP contribution is -2.16. The number of hydrogen-bond acceptors (Lipinski definition) is 6. The molecule has 4 aromatic rings. The molecule has 0 saturated carbocycles. The molecule has 0 atom stereocenters. The summed E-state index contributed by atoms with van der Waals surface area (Å²) in [6, 6.07) is 10.3. The van der Waals surface area contributed by atoms with Crippen molar-refractivity contribution in [1.29, 1.82) is 0 Å². The van der Waals surface area contributed by atoms with E-state index in [1.165, 1.54) is 37.7 Å². The minimum atomic E-state index is -4.69. The summed E-state index contributed by atoms with van der Waals surface area (Å²) in [7, 11) is 2.89. The Kier molecular flexibility index (Phi) is 5.27. The van der Waals surface area contributed by atoms with Crippen molar-refractivity contribution in [3.8, 4) is 22.1 Å². The van der Waals surface area contributed by atoms with E-state index in [9.17, 15) is 18.0 Å². The predicted molar refractivity (Wildman–Crippen MR) is 109 cm³/mol. The van der Waals surface area contributed by atoms with Crippen molar-refractivity contribution in [2.45, 2.75) is 6.18 Å². The molecule has 0 bridgehead atoms. The molecule has 4 rings (SSSR count). The highest BCUT2D eigenvalue weighted by Gasteiger charge is 2.35. The first kappa shape index (κ1) is 20.7. The number of carbonyl (C=O) groups is 1. The van der Waals surface area contributed by atoms with Gasteiger partial charge < -0.3 is 14.8 Å². The number of methoxy groups -OCH3 is 2. The maximum atomic E-state index is 13.7. The van der Waals surface area contributed by atoms with Gasteiger partial charge >= 0.3 is 6.18 Å². The number of benzene rings is 1. The maximum Gasteiger partial charge on any atom is 0.433 e. The lowest BCUT2D eigenvalue weighted by atomic mass is 10.2. The largest absolute Gasteiger partial charge is 0.497 e. The molecule has 0 saturated heterocycles. The molecule has 3 heterocycles. The molecular formula is C20H15F3N4O3S. The normalized spacial score (nSPS) is 11.5. The molecule has 1 N–H and O–H groups in total. The van der Waals surface area contributed by atoms with Gasteiger partial charge in [-0.15, -0.1) is 11.3 Å². The Balaban J connectivity index is 1.76. The van der Waals surface area contributed by atoms with Crippen LogP contribution >= 0.6 is 11.3 Å². The molecule has 1 aromatic carbocycles. The molecule has 31 heavy (non-hydrogen) atoms. The maximum absolute atomic E-state index is 13.7. The highest BCUT2D eigenvalue weighted by molar-refractivity contribution is 7.13. The molecule has 160 valence electrons. The Bertz CT molecular complexity index is 1250. The third-order valence-corrected chi connectivity index (χ3v) is 5.27. The molecule has 0 spiro atoms. The summed E-state index contributed by atoms with van der Waals surface area (Å²) in [5, 5.41) is 8.18. The van der Waals surface area contributed by atoms with E-state index in [-0.39, 0.29) is 22.7 Å². The van der Waals surface area contributed by atoms with E-state index in [0.717, 1.165) is 6.07 Å². The zero-order valence-corrected chi connectivity index (χ0v) is 17.0. The molecule has 0 radical (unpaired) electrons. The molecule has 3 aromatic heterocycles. The van der Waals surface area contributed by atoms with Crippen LogP contribution in [-0.2, 0) is 6.18 Å². The third-order valence-electron chi connectivity index (χ3n) is 4.38. The van der Waals surface area contributed by atoms with Gasteiger partial charge in [-0.2, -0.15) is 18.3 Å². The van der Waals surface area contributed by atoms with E-state index in [1.807, 2.05) is 0 Å². The molecule has 0 aliphatic carbocycles. The van der Waals surface area contributed by atoms with E-state index in [0.29, 0.717) is 20.9 Å². The summed E-state index contributed by atoms with van der Waals surface area (Å²) in [6.45, 7) is 0. The predicted octanol–water partition coefficient (Wildman–Crippen LogP) is 4.75. The molecule has 11 heteroatoms. The van der Waals surface area contributed by atoms with Gasteiger partial charge in [-0.25, -0.2) is 9.50 Å². The molecular weight excluding hydrogens is 433 g/mol. The number of amides is 1. The molecule has 0 unspecified atom stereocenters. The van der Waals surface area contributed by atoms with E-state index in [4.69, 9.17) is 9.47 Å². The van der Waals surface area contributed by atoms with Gasteiger partial charge in [-0.3, -0.25) is 4.79 Å². The van der Waals surface area contributed by atoms with Crippen LogP contribution in [0.3, 0.4) is 0 Å². The van der Waals surface area contributed by atoms with Crippen LogP contribution < -0.4 is 14.8 Å². The number of nitrogens with zero attached hydrogens (tertiary/aromatic N) is 3. The quantitative estimate of drug-likeness (QED) is 0.477. The fourth-order valence-corrected chi connectivity index (χ4v) is 3.62. The minimum Gasteiger partial charge on any atom is -0.497 e. The Morgan fingerprint density at radius 2 is 1.94 bits per heavy atom. The fraction of sp³-hybridized carbons (Fsp3) is 0.150. The van der Waals surface area contributed by atoms with Crippen molar-refractivity contribution in [2.24, 2.45) is 0 Å². The highest BCUT2D eigenvalue weighted by Crippen LogP contribution is 2.34. The summed E-state index contributed by atoms with van der Waals surface area (Å²) in [4.78, 5) is 17.6. The van der Waals surface area contributed by atoms with Gasteiger partial charge in [0.05, 0.1) is 30.5 Å². The van der Waals surface area contributed by atoms with Crippen LogP contribution in [0, 0.1) is 0 Å². The number of nitrogens with one attached hydrogen (secondary N) is 1. The first-order valence-electron chi connectivity index (χ1n) is 8.85. The number of thiophene rings is 1. The monoisotopic (exact) mass is 448 g/mol. The Hall–Kier alpha value is -3.60. The number of fused-ring (bicyclic) bond motifs is 1. The molecule has 0 fully saturated rings.